The van der Waals surface area contributed by atoms with Crippen molar-refractivity contribution in [2.75, 3.05) is 33.2 Å². The monoisotopic (exact) mass is 452 g/mol. The summed E-state index contributed by atoms with van der Waals surface area (Å²) in [7, 11) is 2.19. The zero-order valence-electron chi connectivity index (χ0n) is 19.3. The summed E-state index contributed by atoms with van der Waals surface area (Å²) in [6.07, 6.45) is 0. The second-order valence-electron chi connectivity index (χ2n) is 9.07. The van der Waals surface area contributed by atoms with Gasteiger partial charge in [-0.2, -0.15) is 5.10 Å². The first kappa shape index (κ1) is 20.9. The van der Waals surface area contributed by atoms with Crippen LogP contribution in [0.4, 0.5) is 0 Å². The summed E-state index contributed by atoms with van der Waals surface area (Å²) in [6.45, 7) is 5.96. The van der Waals surface area contributed by atoms with E-state index in [4.69, 9.17) is 9.72 Å². The smallest absolute Gasteiger partial charge is 0.159 e. The highest BCUT2D eigenvalue weighted by molar-refractivity contribution is 5.94. The Morgan fingerprint density at radius 2 is 1.74 bits per heavy atom. The van der Waals surface area contributed by atoms with E-state index in [0.29, 0.717) is 6.61 Å². The van der Waals surface area contributed by atoms with E-state index in [1.54, 1.807) is 0 Å². The lowest BCUT2D eigenvalue weighted by Crippen LogP contribution is -2.43. The molecule has 0 spiro atoms. The molecule has 34 heavy (non-hydrogen) atoms. The predicted molar refractivity (Wildman–Crippen MR) is 135 cm³/mol. The maximum atomic E-state index is 6.03. The summed E-state index contributed by atoms with van der Waals surface area (Å²) in [4.78, 5) is 13.2. The molecule has 5 aromatic rings. The molecule has 2 N–H and O–H groups in total. The lowest BCUT2D eigenvalue weighted by atomic mass is 10.1. The topological polar surface area (TPSA) is 73.1 Å². The Kier molecular flexibility index (Phi) is 5.49. The third-order valence-corrected chi connectivity index (χ3v) is 6.56. The highest BCUT2D eigenvalue weighted by atomic mass is 16.5. The lowest BCUT2D eigenvalue weighted by Gasteiger charge is -2.32. The van der Waals surface area contributed by atoms with Gasteiger partial charge in [-0.25, -0.2) is 4.98 Å². The number of rotatable bonds is 6. The fourth-order valence-electron chi connectivity index (χ4n) is 4.54. The number of nitrogens with one attached hydrogen (secondary N) is 2. The molecule has 1 aliphatic rings. The second-order valence-corrected chi connectivity index (χ2v) is 9.07. The van der Waals surface area contributed by atoms with Crippen molar-refractivity contribution in [2.45, 2.75) is 13.2 Å². The Bertz CT molecular complexity index is 1420. The van der Waals surface area contributed by atoms with Gasteiger partial charge in [-0.1, -0.05) is 36.4 Å². The van der Waals surface area contributed by atoms with Crippen molar-refractivity contribution < 1.29 is 4.74 Å². The number of aromatic nitrogens is 4. The minimum absolute atomic E-state index is 0.528. The number of aromatic amines is 2. The Morgan fingerprint density at radius 3 is 2.59 bits per heavy atom. The normalized spacial score (nSPS) is 15.3. The SMILES string of the molecule is CN1CCN(Cc2ccc3nc(-c4n[nH]c5ccc(OCc6ccccc6)cc45)[nH]c3c2)CC1. The number of fused-ring (bicyclic) bond motifs is 2. The molecule has 1 saturated heterocycles. The van der Waals surface area contributed by atoms with Gasteiger partial charge in [0.2, 0.25) is 0 Å². The number of imidazole rings is 1. The first-order valence-electron chi connectivity index (χ1n) is 11.8. The van der Waals surface area contributed by atoms with Gasteiger partial charge in [0.1, 0.15) is 18.1 Å². The summed E-state index contributed by atoms with van der Waals surface area (Å²) in [5.74, 6) is 1.57. The van der Waals surface area contributed by atoms with Crippen molar-refractivity contribution in [3.63, 3.8) is 0 Å². The summed E-state index contributed by atoms with van der Waals surface area (Å²) in [6, 6.07) is 22.7. The number of hydrogen-bond donors (Lipinski definition) is 2. The van der Waals surface area contributed by atoms with E-state index in [1.807, 2.05) is 36.4 Å². The molecule has 3 heterocycles. The van der Waals surface area contributed by atoms with Crippen LogP contribution < -0.4 is 4.74 Å². The first-order valence-corrected chi connectivity index (χ1v) is 11.8. The van der Waals surface area contributed by atoms with Crippen LogP contribution in [0.3, 0.4) is 0 Å². The fourth-order valence-corrected chi connectivity index (χ4v) is 4.54. The van der Waals surface area contributed by atoms with E-state index in [9.17, 15) is 0 Å². The van der Waals surface area contributed by atoms with Gasteiger partial charge >= 0.3 is 0 Å². The van der Waals surface area contributed by atoms with E-state index in [-0.39, 0.29) is 0 Å². The molecule has 0 amide bonds. The van der Waals surface area contributed by atoms with Crippen LogP contribution in [0.25, 0.3) is 33.5 Å². The van der Waals surface area contributed by atoms with Crippen LogP contribution in [0.2, 0.25) is 0 Å². The van der Waals surface area contributed by atoms with Crippen LogP contribution in [0.5, 0.6) is 5.75 Å². The fraction of sp³-hybridized carbons (Fsp3) is 0.259. The second kappa shape index (κ2) is 8.93. The molecule has 0 saturated carbocycles. The molecule has 0 atom stereocenters. The molecule has 0 radical (unpaired) electrons. The predicted octanol–water partition coefficient (Wildman–Crippen LogP) is 4.43. The molecular weight excluding hydrogens is 424 g/mol. The Balaban J connectivity index is 1.24. The van der Waals surface area contributed by atoms with Gasteiger partial charge < -0.3 is 14.6 Å². The van der Waals surface area contributed by atoms with Crippen LogP contribution in [0.1, 0.15) is 11.1 Å². The number of benzene rings is 3. The van der Waals surface area contributed by atoms with Crippen LogP contribution in [0, 0.1) is 0 Å². The molecule has 3 aromatic carbocycles. The van der Waals surface area contributed by atoms with Gasteiger partial charge in [-0.3, -0.25) is 10.00 Å². The quantitative estimate of drug-likeness (QED) is 0.399. The number of piperazine rings is 1. The highest BCUT2D eigenvalue weighted by Gasteiger charge is 2.16. The van der Waals surface area contributed by atoms with Crippen molar-refractivity contribution in [2.24, 2.45) is 0 Å². The molecule has 172 valence electrons. The number of ether oxygens (including phenoxy) is 1. The lowest BCUT2D eigenvalue weighted by molar-refractivity contribution is 0.148. The van der Waals surface area contributed by atoms with Crippen LogP contribution in [0.15, 0.2) is 66.7 Å². The average Bonchev–Trinajstić information content (AvgIpc) is 3.48. The Labute approximate surface area is 198 Å². The maximum absolute atomic E-state index is 6.03. The van der Waals surface area contributed by atoms with Crippen molar-refractivity contribution in [1.29, 1.82) is 0 Å². The molecule has 0 aliphatic carbocycles. The molecular formula is C27H28N6O. The first-order chi connectivity index (χ1) is 16.7. The molecule has 2 aromatic heterocycles. The summed E-state index contributed by atoms with van der Waals surface area (Å²) in [5, 5.41) is 8.67. The minimum Gasteiger partial charge on any atom is -0.489 e. The van der Waals surface area contributed by atoms with E-state index < -0.39 is 0 Å². The van der Waals surface area contributed by atoms with Gasteiger partial charge in [0.05, 0.1) is 16.6 Å². The number of H-pyrrole nitrogens is 2. The molecule has 1 fully saturated rings. The average molecular weight is 453 g/mol. The van der Waals surface area contributed by atoms with Gasteiger partial charge in [0.25, 0.3) is 0 Å². The van der Waals surface area contributed by atoms with Gasteiger partial charge in [-0.15, -0.1) is 0 Å². The van der Waals surface area contributed by atoms with Gasteiger partial charge in [0, 0.05) is 38.1 Å². The zero-order valence-corrected chi connectivity index (χ0v) is 19.3. The van der Waals surface area contributed by atoms with Crippen LogP contribution >= 0.6 is 0 Å². The number of nitrogens with zero attached hydrogens (tertiary/aromatic N) is 4. The third kappa shape index (κ3) is 4.27. The van der Waals surface area contributed by atoms with Crippen molar-refractivity contribution >= 4 is 21.9 Å². The van der Waals surface area contributed by atoms with Crippen LogP contribution in [-0.2, 0) is 13.2 Å². The van der Waals surface area contributed by atoms with E-state index in [1.165, 1.54) is 5.56 Å². The van der Waals surface area contributed by atoms with Crippen LogP contribution in [-0.4, -0.2) is 63.2 Å². The van der Waals surface area contributed by atoms with Crippen molar-refractivity contribution in [3.05, 3.63) is 77.9 Å². The highest BCUT2D eigenvalue weighted by Crippen LogP contribution is 2.29. The number of likely N-dealkylation sites (N-methyl/N-ethyl adjacent to an activating group) is 1. The minimum atomic E-state index is 0.528. The van der Waals surface area contributed by atoms with E-state index >= 15 is 0 Å². The number of hydrogen-bond acceptors (Lipinski definition) is 5. The molecule has 0 unspecified atom stereocenters. The zero-order chi connectivity index (χ0) is 22.9. The molecule has 1 aliphatic heterocycles. The van der Waals surface area contributed by atoms with Crippen molar-refractivity contribution in [3.8, 4) is 17.3 Å². The molecule has 0 bridgehead atoms. The van der Waals surface area contributed by atoms with Crippen molar-refractivity contribution in [1.82, 2.24) is 30.0 Å². The molecule has 6 rings (SSSR count). The maximum Gasteiger partial charge on any atom is 0.159 e. The van der Waals surface area contributed by atoms with E-state index in [2.05, 4.69) is 62.4 Å². The molecule has 7 heteroatoms. The van der Waals surface area contributed by atoms with Gasteiger partial charge in [-0.05, 0) is 48.5 Å². The Hall–Kier alpha value is -3.68. The Morgan fingerprint density at radius 1 is 0.882 bits per heavy atom. The standard InChI is InChI=1S/C27H28N6O/c1-32-11-13-33(14-12-32)17-20-7-9-24-25(15-20)29-27(28-24)26-22-16-21(8-10-23(22)30-31-26)34-18-19-5-3-2-4-6-19/h2-10,15-16H,11-14,17-18H2,1H3,(H,28,29)(H,30,31). The molecule has 7 nitrogen and oxygen atoms in total. The largest absolute Gasteiger partial charge is 0.489 e. The summed E-state index contributed by atoms with van der Waals surface area (Å²) >= 11 is 0. The third-order valence-electron chi connectivity index (χ3n) is 6.56. The van der Waals surface area contributed by atoms with Gasteiger partial charge in [0.15, 0.2) is 5.82 Å². The summed E-state index contributed by atoms with van der Waals surface area (Å²) < 4.78 is 6.03. The summed E-state index contributed by atoms with van der Waals surface area (Å²) in [5.41, 5.74) is 6.18. The van der Waals surface area contributed by atoms with E-state index in [0.717, 1.165) is 77.5 Å².